The summed E-state index contributed by atoms with van der Waals surface area (Å²) >= 11 is 0. The average Bonchev–Trinajstić information content (AvgIpc) is 2.80. The van der Waals surface area contributed by atoms with Crippen molar-refractivity contribution in [2.75, 3.05) is 31.1 Å². The SMILES string of the molecule is CC(C)(C)OC(=O)N1CCC(N2CCC(N(c3ccccc3)c3ccccc3)CC2)CC1. The molecule has 32 heavy (non-hydrogen) atoms. The van der Waals surface area contributed by atoms with E-state index in [1.54, 1.807) is 0 Å². The Morgan fingerprint density at radius 3 is 1.78 bits per heavy atom. The topological polar surface area (TPSA) is 36.0 Å². The molecule has 2 aromatic rings. The molecule has 0 bridgehead atoms. The molecule has 2 fully saturated rings. The lowest BCUT2D eigenvalue weighted by Crippen LogP contribution is -2.51. The van der Waals surface area contributed by atoms with Crippen LogP contribution < -0.4 is 4.90 Å². The van der Waals surface area contributed by atoms with Crippen molar-refractivity contribution in [3.05, 3.63) is 60.7 Å². The Morgan fingerprint density at radius 1 is 0.812 bits per heavy atom. The van der Waals surface area contributed by atoms with E-state index >= 15 is 0 Å². The predicted octanol–water partition coefficient (Wildman–Crippen LogP) is 5.69. The fraction of sp³-hybridized carbons (Fsp3) is 0.519. The van der Waals surface area contributed by atoms with Crippen molar-refractivity contribution in [3.8, 4) is 0 Å². The highest BCUT2D eigenvalue weighted by Gasteiger charge is 2.33. The first kappa shape index (κ1) is 22.7. The van der Waals surface area contributed by atoms with Gasteiger partial charge in [0.25, 0.3) is 0 Å². The normalized spacial score (nSPS) is 19.0. The highest BCUT2D eigenvalue weighted by molar-refractivity contribution is 5.68. The first-order valence-electron chi connectivity index (χ1n) is 12.0. The summed E-state index contributed by atoms with van der Waals surface area (Å²) in [5.74, 6) is 0. The standard InChI is InChI=1S/C27H37N3O2/c1-27(2,3)32-26(31)29-20-14-22(15-21-29)28-18-16-25(17-19-28)30(23-10-6-4-7-11-23)24-12-8-5-9-13-24/h4-13,22,25H,14-21H2,1-3H3. The van der Waals surface area contributed by atoms with Gasteiger partial charge in [-0.25, -0.2) is 4.79 Å². The highest BCUT2D eigenvalue weighted by atomic mass is 16.6. The molecule has 0 N–H and O–H groups in total. The number of para-hydroxylation sites is 2. The lowest BCUT2D eigenvalue weighted by molar-refractivity contribution is 0.0128. The summed E-state index contributed by atoms with van der Waals surface area (Å²) in [6.45, 7) is 9.58. The maximum absolute atomic E-state index is 12.4. The number of amides is 1. The number of piperidine rings is 2. The number of hydrogen-bond acceptors (Lipinski definition) is 4. The van der Waals surface area contributed by atoms with Crippen LogP contribution in [0, 0.1) is 0 Å². The van der Waals surface area contributed by atoms with Gasteiger partial charge in [0, 0.05) is 49.6 Å². The molecule has 0 spiro atoms. The van der Waals surface area contributed by atoms with Crippen LogP contribution in [0.1, 0.15) is 46.5 Å². The third-order valence-corrected chi connectivity index (χ3v) is 6.57. The van der Waals surface area contributed by atoms with Crippen LogP contribution in [-0.4, -0.2) is 59.8 Å². The van der Waals surface area contributed by atoms with Gasteiger partial charge in [0.15, 0.2) is 0 Å². The number of rotatable bonds is 4. The van der Waals surface area contributed by atoms with E-state index in [1.807, 2.05) is 25.7 Å². The Balaban J connectivity index is 1.34. The van der Waals surface area contributed by atoms with E-state index < -0.39 is 5.60 Å². The van der Waals surface area contributed by atoms with E-state index in [0.717, 1.165) is 51.9 Å². The Labute approximate surface area is 193 Å². The van der Waals surface area contributed by atoms with Crippen molar-refractivity contribution < 1.29 is 9.53 Å². The smallest absolute Gasteiger partial charge is 0.410 e. The number of benzene rings is 2. The van der Waals surface area contributed by atoms with E-state index in [2.05, 4.69) is 70.5 Å². The van der Waals surface area contributed by atoms with Crippen LogP contribution in [0.4, 0.5) is 16.2 Å². The van der Waals surface area contributed by atoms with Gasteiger partial charge in [0.1, 0.15) is 5.60 Å². The molecule has 0 aliphatic carbocycles. The van der Waals surface area contributed by atoms with Crippen molar-refractivity contribution in [1.29, 1.82) is 0 Å². The molecule has 0 unspecified atom stereocenters. The lowest BCUT2D eigenvalue weighted by atomic mass is 9.96. The van der Waals surface area contributed by atoms with Gasteiger partial charge in [-0.3, -0.25) is 0 Å². The maximum Gasteiger partial charge on any atom is 0.410 e. The number of nitrogens with zero attached hydrogens (tertiary/aromatic N) is 3. The van der Waals surface area contributed by atoms with E-state index in [0.29, 0.717) is 12.1 Å². The number of carbonyl (C=O) groups is 1. The van der Waals surface area contributed by atoms with Crippen molar-refractivity contribution in [1.82, 2.24) is 9.80 Å². The van der Waals surface area contributed by atoms with Crippen molar-refractivity contribution >= 4 is 17.5 Å². The van der Waals surface area contributed by atoms with E-state index in [9.17, 15) is 4.79 Å². The summed E-state index contributed by atoms with van der Waals surface area (Å²) in [7, 11) is 0. The molecule has 2 aliphatic rings. The van der Waals surface area contributed by atoms with Gasteiger partial charge in [0.05, 0.1) is 0 Å². The van der Waals surface area contributed by atoms with Crippen LogP contribution in [0.25, 0.3) is 0 Å². The second-order valence-corrected chi connectivity index (χ2v) is 10.0. The third-order valence-electron chi connectivity index (χ3n) is 6.57. The molecule has 172 valence electrons. The van der Waals surface area contributed by atoms with Gasteiger partial charge in [-0.1, -0.05) is 36.4 Å². The molecule has 0 aromatic heterocycles. The largest absolute Gasteiger partial charge is 0.444 e. The molecule has 1 amide bonds. The first-order chi connectivity index (χ1) is 15.4. The van der Waals surface area contributed by atoms with Crippen molar-refractivity contribution in [3.63, 3.8) is 0 Å². The molecule has 2 aromatic carbocycles. The number of anilines is 2. The molecule has 4 rings (SSSR count). The van der Waals surface area contributed by atoms with Crippen LogP contribution in [-0.2, 0) is 4.74 Å². The minimum atomic E-state index is -0.431. The molecular weight excluding hydrogens is 398 g/mol. The minimum Gasteiger partial charge on any atom is -0.444 e. The second kappa shape index (κ2) is 9.95. The summed E-state index contributed by atoms with van der Waals surface area (Å²) in [6.07, 6.45) is 4.19. The molecule has 2 heterocycles. The monoisotopic (exact) mass is 435 g/mol. The van der Waals surface area contributed by atoms with Crippen LogP contribution in [0.2, 0.25) is 0 Å². The van der Waals surface area contributed by atoms with Crippen LogP contribution in [0.5, 0.6) is 0 Å². The average molecular weight is 436 g/mol. The third kappa shape index (κ3) is 5.63. The van der Waals surface area contributed by atoms with Gasteiger partial charge in [0.2, 0.25) is 0 Å². The molecule has 2 saturated heterocycles. The summed E-state index contributed by atoms with van der Waals surface area (Å²) < 4.78 is 5.55. The summed E-state index contributed by atoms with van der Waals surface area (Å²) in [4.78, 5) is 19.4. The van der Waals surface area contributed by atoms with E-state index in [1.165, 1.54) is 11.4 Å². The maximum atomic E-state index is 12.4. The van der Waals surface area contributed by atoms with Crippen molar-refractivity contribution in [2.24, 2.45) is 0 Å². The molecule has 0 radical (unpaired) electrons. The fourth-order valence-corrected chi connectivity index (χ4v) is 5.00. The number of ether oxygens (including phenoxy) is 1. The lowest BCUT2D eigenvalue weighted by Gasteiger charge is -2.44. The van der Waals surface area contributed by atoms with Gasteiger partial charge in [-0.15, -0.1) is 0 Å². The van der Waals surface area contributed by atoms with Gasteiger partial charge in [-0.05, 0) is 70.7 Å². The Kier molecular flexibility index (Phi) is 7.04. The van der Waals surface area contributed by atoms with E-state index in [4.69, 9.17) is 4.74 Å². The summed E-state index contributed by atoms with van der Waals surface area (Å²) in [5.41, 5.74) is 2.10. The molecular formula is C27H37N3O2. The zero-order valence-electron chi connectivity index (χ0n) is 19.7. The second-order valence-electron chi connectivity index (χ2n) is 10.0. The van der Waals surface area contributed by atoms with Gasteiger partial charge >= 0.3 is 6.09 Å². The zero-order chi connectivity index (χ0) is 22.6. The van der Waals surface area contributed by atoms with E-state index in [-0.39, 0.29) is 6.09 Å². The fourth-order valence-electron chi connectivity index (χ4n) is 5.00. The predicted molar refractivity (Wildman–Crippen MR) is 130 cm³/mol. The number of carbonyl (C=O) groups excluding carboxylic acids is 1. The van der Waals surface area contributed by atoms with Crippen molar-refractivity contribution in [2.45, 2.75) is 64.1 Å². The summed E-state index contributed by atoms with van der Waals surface area (Å²) in [5, 5.41) is 0. The van der Waals surface area contributed by atoms with Gasteiger partial charge < -0.3 is 19.4 Å². The highest BCUT2D eigenvalue weighted by Crippen LogP contribution is 2.33. The summed E-state index contributed by atoms with van der Waals surface area (Å²) in [6, 6.07) is 22.6. The first-order valence-corrected chi connectivity index (χ1v) is 12.0. The molecule has 5 heteroatoms. The van der Waals surface area contributed by atoms with Gasteiger partial charge in [-0.2, -0.15) is 0 Å². The number of likely N-dealkylation sites (tertiary alicyclic amines) is 2. The zero-order valence-corrected chi connectivity index (χ0v) is 19.7. The van der Waals surface area contributed by atoms with Crippen LogP contribution in [0.3, 0.4) is 0 Å². The van der Waals surface area contributed by atoms with Crippen LogP contribution >= 0.6 is 0 Å². The minimum absolute atomic E-state index is 0.170. The Morgan fingerprint density at radius 2 is 1.31 bits per heavy atom. The molecule has 5 nitrogen and oxygen atoms in total. The molecule has 0 saturated carbocycles. The quantitative estimate of drug-likeness (QED) is 0.618. The molecule has 0 atom stereocenters. The Bertz CT molecular complexity index is 810. The molecule has 2 aliphatic heterocycles. The van der Waals surface area contributed by atoms with Crippen LogP contribution in [0.15, 0.2) is 60.7 Å². The number of hydrogen-bond donors (Lipinski definition) is 0. The Hall–Kier alpha value is -2.53.